The molecule has 7 heteroatoms. The first kappa shape index (κ1) is 25.6. The Bertz CT molecular complexity index is 502. The number of hydrogen-bond acceptors (Lipinski definition) is 5. The third-order valence-electron chi connectivity index (χ3n) is 5.74. The third-order valence-corrected chi connectivity index (χ3v) is 9.07. The van der Waals surface area contributed by atoms with Crippen LogP contribution in [0.5, 0.6) is 0 Å². The number of ether oxygens (including phenoxy) is 1. The zero-order chi connectivity index (χ0) is 20.8. The fraction of sp³-hybridized carbons (Fsp3) is 0.955. The molecule has 2 heterocycles. The molecule has 0 aromatic carbocycles. The first-order chi connectivity index (χ1) is 14.1. The number of unbranched alkanes of at least 4 members (excludes halogenated alkanes) is 14. The van der Waals surface area contributed by atoms with Crippen LogP contribution in [-0.4, -0.2) is 46.5 Å². The summed E-state index contributed by atoms with van der Waals surface area (Å²) in [5.74, 6) is -0.144. The van der Waals surface area contributed by atoms with Crippen LogP contribution in [0.25, 0.3) is 0 Å². The van der Waals surface area contributed by atoms with E-state index in [0.29, 0.717) is 19.6 Å². The third kappa shape index (κ3) is 10.9. The molecule has 0 aliphatic carbocycles. The molecule has 2 aliphatic rings. The van der Waals surface area contributed by atoms with E-state index in [4.69, 9.17) is 18.3 Å². The Morgan fingerprint density at radius 3 is 1.86 bits per heavy atom. The summed E-state index contributed by atoms with van der Waals surface area (Å²) in [6, 6.07) is 0. The monoisotopic (exact) mass is 496 g/mol. The van der Waals surface area contributed by atoms with Crippen LogP contribution >= 0.6 is 6.19 Å². The Hall–Kier alpha value is 0.299. The number of fused-ring (bicyclic) bond motifs is 2. The summed E-state index contributed by atoms with van der Waals surface area (Å²) in [5, 5.41) is 0. The SMILES string of the molecule is CCCCCCCCCCCCCCCCCC(=O)OC1COP2(=[Se])OCC1O2. The van der Waals surface area contributed by atoms with Gasteiger partial charge in [0.05, 0.1) is 0 Å². The van der Waals surface area contributed by atoms with Gasteiger partial charge in [-0.25, -0.2) is 0 Å². The zero-order valence-corrected chi connectivity index (χ0v) is 20.9. The van der Waals surface area contributed by atoms with Crippen LogP contribution in [0.1, 0.15) is 110 Å². The van der Waals surface area contributed by atoms with Crippen LogP contribution < -0.4 is 0 Å². The van der Waals surface area contributed by atoms with E-state index in [1.54, 1.807) is 0 Å². The summed E-state index contributed by atoms with van der Waals surface area (Å²) < 4.78 is 22.2. The van der Waals surface area contributed by atoms with Gasteiger partial charge in [-0.05, 0) is 0 Å². The maximum atomic E-state index is 12.0. The second kappa shape index (κ2) is 15.2. The van der Waals surface area contributed by atoms with Crippen LogP contribution in [0, 0.1) is 0 Å². The van der Waals surface area contributed by atoms with Crippen molar-refractivity contribution in [3.8, 4) is 0 Å². The summed E-state index contributed by atoms with van der Waals surface area (Å²) in [7, 11) is 0. The number of carbonyl (C=O) groups excluding carboxylic acids is 1. The molecule has 2 bridgehead atoms. The van der Waals surface area contributed by atoms with Crippen LogP contribution in [0.2, 0.25) is 0 Å². The van der Waals surface area contributed by atoms with Crippen molar-refractivity contribution < 1.29 is 23.1 Å². The van der Waals surface area contributed by atoms with Gasteiger partial charge in [-0.3, -0.25) is 0 Å². The van der Waals surface area contributed by atoms with Gasteiger partial charge in [-0.2, -0.15) is 0 Å². The molecule has 170 valence electrons. The normalized spacial score (nSPS) is 26.0. The van der Waals surface area contributed by atoms with Crippen molar-refractivity contribution in [2.45, 2.75) is 122 Å². The predicted octanol–water partition coefficient (Wildman–Crippen LogP) is 6.45. The fourth-order valence-electron chi connectivity index (χ4n) is 3.88. The Kier molecular flexibility index (Phi) is 13.4. The fourth-order valence-corrected chi connectivity index (χ4v) is 6.73. The number of esters is 1. The van der Waals surface area contributed by atoms with Crippen molar-refractivity contribution in [1.82, 2.24) is 0 Å². The molecule has 29 heavy (non-hydrogen) atoms. The maximum absolute atomic E-state index is 12.0. The molecular weight excluding hydrogens is 454 g/mol. The second-order valence-corrected chi connectivity index (χ2v) is 12.8. The molecule has 2 saturated heterocycles. The van der Waals surface area contributed by atoms with Gasteiger partial charge in [-0.1, -0.05) is 71.1 Å². The molecule has 0 radical (unpaired) electrons. The molecule has 0 amide bonds. The Labute approximate surface area is 185 Å². The molecule has 3 unspecified atom stereocenters. The van der Waals surface area contributed by atoms with Crippen LogP contribution in [0.3, 0.4) is 0 Å². The minimum atomic E-state index is -2.22. The van der Waals surface area contributed by atoms with E-state index in [2.05, 4.69) is 22.0 Å². The van der Waals surface area contributed by atoms with Crippen LogP contribution in [-0.2, 0) is 23.1 Å². The molecule has 0 aromatic heterocycles. The molecule has 0 aromatic rings. The second-order valence-electron chi connectivity index (χ2n) is 8.41. The topological polar surface area (TPSA) is 54.0 Å². The average Bonchev–Trinajstić information content (AvgIpc) is 3.03. The molecule has 0 N–H and O–H groups in total. The first-order valence-electron chi connectivity index (χ1n) is 11.9. The molecule has 5 nitrogen and oxygen atoms in total. The molecule has 0 saturated carbocycles. The van der Waals surface area contributed by atoms with Gasteiger partial charge in [0.25, 0.3) is 0 Å². The predicted molar refractivity (Wildman–Crippen MR) is 119 cm³/mol. The van der Waals surface area contributed by atoms with Crippen LogP contribution in [0.4, 0.5) is 0 Å². The van der Waals surface area contributed by atoms with Crippen LogP contribution in [0.15, 0.2) is 0 Å². The van der Waals surface area contributed by atoms with E-state index in [1.807, 2.05) is 0 Å². The molecule has 2 rings (SSSR count). The standard InChI is InChI=1S/C22H41O5PSe/c1-2-3-4-5-6-7-8-9-10-11-12-13-14-15-16-17-22(23)26-20-18-24-28(29)25-19-21(20)27-28/h20-21H,2-19H2,1H3. The molecule has 2 fully saturated rings. The van der Waals surface area contributed by atoms with E-state index < -0.39 is 6.19 Å². The van der Waals surface area contributed by atoms with Crippen molar-refractivity contribution in [3.63, 3.8) is 0 Å². The number of hydrogen-bond donors (Lipinski definition) is 0. The summed E-state index contributed by atoms with van der Waals surface area (Å²) in [5.41, 5.74) is 0. The van der Waals surface area contributed by atoms with E-state index in [0.717, 1.165) is 12.8 Å². The Morgan fingerprint density at radius 1 is 0.828 bits per heavy atom. The van der Waals surface area contributed by atoms with Gasteiger partial charge in [0.1, 0.15) is 0 Å². The van der Waals surface area contributed by atoms with E-state index in [9.17, 15) is 4.79 Å². The Morgan fingerprint density at radius 2 is 1.31 bits per heavy atom. The van der Waals surface area contributed by atoms with Crippen molar-refractivity contribution in [1.29, 1.82) is 0 Å². The molecule has 2 aliphatic heterocycles. The minimum absolute atomic E-state index is 0.144. The van der Waals surface area contributed by atoms with E-state index in [1.165, 1.54) is 83.5 Å². The first-order valence-corrected chi connectivity index (χ1v) is 15.7. The quantitative estimate of drug-likeness (QED) is 0.100. The molecule has 0 spiro atoms. The average molecular weight is 495 g/mol. The number of carbonyl (C=O) groups is 1. The van der Waals surface area contributed by atoms with E-state index >= 15 is 0 Å². The summed E-state index contributed by atoms with van der Waals surface area (Å²) in [6.45, 7) is 3.09. The summed E-state index contributed by atoms with van der Waals surface area (Å²) >= 11 is 2.85. The summed E-state index contributed by atoms with van der Waals surface area (Å²) in [6.07, 6.45) is 17.6. The van der Waals surface area contributed by atoms with Crippen molar-refractivity contribution >= 4 is 27.3 Å². The van der Waals surface area contributed by atoms with Gasteiger partial charge in [0.15, 0.2) is 0 Å². The van der Waals surface area contributed by atoms with Crippen molar-refractivity contribution in [3.05, 3.63) is 0 Å². The Balaban J connectivity index is 1.32. The van der Waals surface area contributed by atoms with Gasteiger partial charge in [-0.15, -0.1) is 0 Å². The molecule has 3 atom stereocenters. The number of rotatable bonds is 17. The van der Waals surface area contributed by atoms with Gasteiger partial charge in [0.2, 0.25) is 0 Å². The van der Waals surface area contributed by atoms with E-state index in [-0.39, 0.29) is 18.2 Å². The van der Waals surface area contributed by atoms with Gasteiger partial charge in [0, 0.05) is 0 Å². The van der Waals surface area contributed by atoms with Crippen molar-refractivity contribution in [2.24, 2.45) is 0 Å². The van der Waals surface area contributed by atoms with Gasteiger partial charge < -0.3 is 0 Å². The zero-order valence-electron chi connectivity index (χ0n) is 18.3. The van der Waals surface area contributed by atoms with Crippen molar-refractivity contribution in [2.75, 3.05) is 13.2 Å². The summed E-state index contributed by atoms with van der Waals surface area (Å²) in [4.78, 5) is 12.0. The van der Waals surface area contributed by atoms with Gasteiger partial charge >= 0.3 is 114 Å². The molecular formula is C22H41O5PSe.